The lowest BCUT2D eigenvalue weighted by atomic mass is 9.96. The molecule has 0 spiro atoms. The Morgan fingerprint density at radius 1 is 1.05 bits per heavy atom. The van der Waals surface area contributed by atoms with E-state index in [2.05, 4.69) is 18.2 Å². The Balaban J connectivity index is 1.85. The van der Waals surface area contributed by atoms with Gasteiger partial charge in [0.15, 0.2) is 0 Å². The molecule has 0 N–H and O–H groups in total. The number of hydrogen-bond donors (Lipinski definition) is 0. The van der Waals surface area contributed by atoms with E-state index in [4.69, 9.17) is 34.8 Å². The third-order valence-electron chi connectivity index (χ3n) is 3.74. The monoisotopic (exact) mass is 310 g/mol. The minimum atomic E-state index is 0.0613. The van der Waals surface area contributed by atoms with Crippen molar-refractivity contribution in [2.75, 3.05) is 0 Å². The van der Waals surface area contributed by atoms with Crippen LogP contribution in [0.5, 0.6) is 0 Å². The smallest absolute Gasteiger partial charge is 0.0622 e. The van der Waals surface area contributed by atoms with Crippen LogP contribution >= 0.6 is 34.8 Å². The zero-order valence-corrected chi connectivity index (χ0v) is 12.5. The molecule has 2 atom stereocenters. The lowest BCUT2D eigenvalue weighted by molar-refractivity contribution is 0.543. The van der Waals surface area contributed by atoms with Crippen LogP contribution in [0.3, 0.4) is 0 Å². The highest BCUT2D eigenvalue weighted by Gasteiger charge is 2.30. The minimum Gasteiger partial charge on any atom is -0.117 e. The summed E-state index contributed by atoms with van der Waals surface area (Å²) in [5, 5.41) is 1.55. The number of hydrogen-bond acceptors (Lipinski definition) is 0. The fraction of sp³-hybridized carbons (Fsp3) is 0.250. The lowest BCUT2D eigenvalue weighted by Crippen LogP contribution is -2.07. The highest BCUT2D eigenvalue weighted by molar-refractivity contribution is 6.33. The van der Waals surface area contributed by atoms with Gasteiger partial charge < -0.3 is 0 Å². The van der Waals surface area contributed by atoms with Crippen LogP contribution in [-0.4, -0.2) is 0 Å². The van der Waals surface area contributed by atoms with E-state index in [0.717, 1.165) is 28.5 Å². The van der Waals surface area contributed by atoms with Crippen LogP contribution in [0.25, 0.3) is 0 Å². The van der Waals surface area contributed by atoms with E-state index >= 15 is 0 Å². The van der Waals surface area contributed by atoms with Crippen molar-refractivity contribution in [3.8, 4) is 0 Å². The quantitative estimate of drug-likeness (QED) is 0.625. The Morgan fingerprint density at radius 2 is 1.84 bits per heavy atom. The van der Waals surface area contributed by atoms with Crippen molar-refractivity contribution < 1.29 is 0 Å². The molecule has 2 aromatic rings. The SMILES string of the molecule is Clc1ccc(Cl)c(CC2Cc3ccccc3C2Cl)c1. The van der Waals surface area contributed by atoms with Crippen LogP contribution in [-0.2, 0) is 12.8 Å². The summed E-state index contributed by atoms with van der Waals surface area (Å²) in [6.45, 7) is 0. The number of benzene rings is 2. The molecule has 0 saturated heterocycles. The van der Waals surface area contributed by atoms with Crippen molar-refractivity contribution in [1.82, 2.24) is 0 Å². The maximum atomic E-state index is 6.57. The van der Waals surface area contributed by atoms with E-state index in [1.165, 1.54) is 11.1 Å². The summed E-state index contributed by atoms with van der Waals surface area (Å²) >= 11 is 18.8. The molecule has 0 bridgehead atoms. The van der Waals surface area contributed by atoms with Gasteiger partial charge in [-0.1, -0.05) is 47.5 Å². The Labute approximate surface area is 128 Å². The Bertz CT molecular complexity index is 607. The van der Waals surface area contributed by atoms with E-state index in [1.807, 2.05) is 24.3 Å². The second-order valence-electron chi connectivity index (χ2n) is 5.00. The van der Waals surface area contributed by atoms with Crippen LogP contribution in [0.4, 0.5) is 0 Å². The fourth-order valence-corrected chi connectivity index (χ4v) is 3.57. The van der Waals surface area contributed by atoms with Gasteiger partial charge in [0.2, 0.25) is 0 Å². The van der Waals surface area contributed by atoms with E-state index in [1.54, 1.807) is 0 Å². The molecule has 3 heteroatoms. The molecule has 0 nitrogen and oxygen atoms in total. The van der Waals surface area contributed by atoms with Crippen molar-refractivity contribution in [1.29, 1.82) is 0 Å². The largest absolute Gasteiger partial charge is 0.117 e. The predicted octanol–water partition coefficient (Wildman–Crippen LogP) is 5.69. The van der Waals surface area contributed by atoms with Gasteiger partial charge >= 0.3 is 0 Å². The molecule has 2 aromatic carbocycles. The van der Waals surface area contributed by atoms with Crippen LogP contribution in [0, 0.1) is 5.92 Å². The third-order valence-corrected chi connectivity index (χ3v) is 4.93. The van der Waals surface area contributed by atoms with Crippen molar-refractivity contribution in [2.45, 2.75) is 18.2 Å². The summed E-state index contributed by atoms with van der Waals surface area (Å²) in [6.07, 6.45) is 1.87. The highest BCUT2D eigenvalue weighted by Crippen LogP contribution is 2.43. The molecule has 0 heterocycles. The zero-order chi connectivity index (χ0) is 13.4. The van der Waals surface area contributed by atoms with Gasteiger partial charge in [-0.25, -0.2) is 0 Å². The molecule has 0 saturated carbocycles. The number of halogens is 3. The fourth-order valence-electron chi connectivity index (χ4n) is 2.79. The number of alkyl halides is 1. The van der Waals surface area contributed by atoms with Gasteiger partial charge in [-0.15, -0.1) is 11.6 Å². The number of fused-ring (bicyclic) bond motifs is 1. The molecule has 1 aliphatic rings. The van der Waals surface area contributed by atoms with Crippen LogP contribution in [0.1, 0.15) is 22.1 Å². The van der Waals surface area contributed by atoms with Gasteiger partial charge in [-0.05, 0) is 53.6 Å². The predicted molar refractivity (Wildman–Crippen MR) is 82.4 cm³/mol. The normalized spacial score (nSPS) is 21.4. The van der Waals surface area contributed by atoms with Gasteiger partial charge in [0.1, 0.15) is 0 Å². The van der Waals surface area contributed by atoms with Crippen molar-refractivity contribution in [2.24, 2.45) is 5.92 Å². The first-order valence-electron chi connectivity index (χ1n) is 6.31. The molecular formula is C16H13Cl3. The van der Waals surface area contributed by atoms with Gasteiger partial charge in [-0.2, -0.15) is 0 Å². The summed E-state index contributed by atoms with van der Waals surface area (Å²) in [7, 11) is 0. The zero-order valence-electron chi connectivity index (χ0n) is 10.2. The Hall–Kier alpha value is -0.690. The molecule has 1 aliphatic carbocycles. The molecule has 98 valence electrons. The van der Waals surface area contributed by atoms with E-state index < -0.39 is 0 Å². The first-order chi connectivity index (χ1) is 9.15. The molecule has 0 amide bonds. The molecule has 0 aromatic heterocycles. The molecule has 0 radical (unpaired) electrons. The Kier molecular flexibility index (Phi) is 3.75. The van der Waals surface area contributed by atoms with Crippen LogP contribution < -0.4 is 0 Å². The number of rotatable bonds is 2. The van der Waals surface area contributed by atoms with Crippen molar-refractivity contribution in [3.05, 3.63) is 69.2 Å². The second kappa shape index (κ2) is 5.36. The molecule has 0 fully saturated rings. The summed E-state index contributed by atoms with van der Waals surface area (Å²) in [5.74, 6) is 0.384. The van der Waals surface area contributed by atoms with Crippen LogP contribution in [0.2, 0.25) is 10.0 Å². The van der Waals surface area contributed by atoms with Gasteiger partial charge in [0.05, 0.1) is 5.38 Å². The Morgan fingerprint density at radius 3 is 2.63 bits per heavy atom. The molecule has 0 aliphatic heterocycles. The van der Waals surface area contributed by atoms with Crippen molar-refractivity contribution >= 4 is 34.8 Å². The van der Waals surface area contributed by atoms with Gasteiger partial charge in [0, 0.05) is 10.0 Å². The lowest BCUT2D eigenvalue weighted by Gasteiger charge is -2.15. The second-order valence-corrected chi connectivity index (χ2v) is 6.32. The topological polar surface area (TPSA) is 0 Å². The van der Waals surface area contributed by atoms with E-state index in [0.29, 0.717) is 5.92 Å². The van der Waals surface area contributed by atoms with Gasteiger partial charge in [0.25, 0.3) is 0 Å². The van der Waals surface area contributed by atoms with E-state index in [9.17, 15) is 0 Å². The van der Waals surface area contributed by atoms with Crippen molar-refractivity contribution in [3.63, 3.8) is 0 Å². The standard InChI is InChI=1S/C16H13Cl3/c17-13-5-6-15(18)11(9-13)8-12-7-10-3-1-2-4-14(10)16(12)19/h1-6,9,12,16H,7-8H2. The maximum absolute atomic E-state index is 6.57. The molecule has 3 rings (SSSR count). The summed E-state index contributed by atoms with van der Waals surface area (Å²) in [4.78, 5) is 0. The van der Waals surface area contributed by atoms with Crippen LogP contribution in [0.15, 0.2) is 42.5 Å². The first kappa shape index (κ1) is 13.3. The minimum absolute atomic E-state index is 0.0613. The third kappa shape index (κ3) is 2.63. The summed E-state index contributed by atoms with van der Waals surface area (Å²) < 4.78 is 0. The van der Waals surface area contributed by atoms with E-state index in [-0.39, 0.29) is 5.38 Å². The maximum Gasteiger partial charge on any atom is 0.0622 e. The molecule has 2 unspecified atom stereocenters. The molecular weight excluding hydrogens is 299 g/mol. The summed E-state index contributed by atoms with van der Waals surface area (Å²) in [6, 6.07) is 14.0. The average Bonchev–Trinajstić information content (AvgIpc) is 2.72. The van der Waals surface area contributed by atoms with Gasteiger partial charge in [-0.3, -0.25) is 0 Å². The highest BCUT2D eigenvalue weighted by atomic mass is 35.5. The first-order valence-corrected chi connectivity index (χ1v) is 7.50. The summed E-state index contributed by atoms with van der Waals surface area (Å²) in [5.41, 5.74) is 3.69. The average molecular weight is 312 g/mol. The molecule has 19 heavy (non-hydrogen) atoms.